The summed E-state index contributed by atoms with van der Waals surface area (Å²) in [6, 6.07) is 13.0. The molecule has 1 saturated carbocycles. The van der Waals surface area contributed by atoms with E-state index in [-0.39, 0.29) is 17.7 Å². The van der Waals surface area contributed by atoms with Crippen molar-refractivity contribution in [1.29, 1.82) is 0 Å². The van der Waals surface area contributed by atoms with Crippen molar-refractivity contribution in [2.24, 2.45) is 11.8 Å². The van der Waals surface area contributed by atoms with Gasteiger partial charge in [-0.1, -0.05) is 31.9 Å². The molecule has 6 nitrogen and oxygen atoms in total. The average Bonchev–Trinajstić information content (AvgIpc) is 3.17. The number of aromatic amines is 1. The fourth-order valence-corrected chi connectivity index (χ4v) is 4.09. The van der Waals surface area contributed by atoms with Gasteiger partial charge in [-0.05, 0) is 49.1 Å². The molecule has 2 amide bonds. The van der Waals surface area contributed by atoms with Gasteiger partial charge in [0.15, 0.2) is 0 Å². The number of carbonyl (C=O) groups excluding carboxylic acids is 2. The summed E-state index contributed by atoms with van der Waals surface area (Å²) in [5.41, 5.74) is 3.99. The molecule has 3 N–H and O–H groups in total. The molecule has 1 aliphatic carbocycles. The zero-order valence-electron chi connectivity index (χ0n) is 16.8. The normalized spacial score (nSPS) is 19.1. The Hall–Kier alpha value is -3.15. The predicted octanol–water partition coefficient (Wildman–Crippen LogP) is 4.35. The van der Waals surface area contributed by atoms with Crippen LogP contribution in [0.15, 0.2) is 42.5 Å². The number of hydrogen-bond donors (Lipinski definition) is 3. The molecule has 29 heavy (non-hydrogen) atoms. The molecule has 1 heterocycles. The third-order valence-electron chi connectivity index (χ3n) is 5.85. The van der Waals surface area contributed by atoms with Gasteiger partial charge in [0.1, 0.15) is 5.82 Å². The van der Waals surface area contributed by atoms with Crippen LogP contribution in [0, 0.1) is 11.8 Å². The summed E-state index contributed by atoms with van der Waals surface area (Å²) in [5.74, 6) is 1.25. The van der Waals surface area contributed by atoms with Crippen molar-refractivity contribution in [3.63, 3.8) is 0 Å². The number of aromatic nitrogens is 2. The lowest BCUT2D eigenvalue weighted by Gasteiger charge is -2.27. The molecule has 2 atom stereocenters. The summed E-state index contributed by atoms with van der Waals surface area (Å²) in [5, 5.41) is 5.69. The van der Waals surface area contributed by atoms with Gasteiger partial charge >= 0.3 is 0 Å². The third kappa shape index (κ3) is 4.01. The quantitative estimate of drug-likeness (QED) is 0.619. The van der Waals surface area contributed by atoms with Crippen LogP contribution in [0.1, 0.15) is 43.0 Å². The molecule has 1 aliphatic rings. The number of imidazole rings is 1. The smallest absolute Gasteiger partial charge is 0.251 e. The molecule has 0 radical (unpaired) electrons. The second-order valence-corrected chi connectivity index (χ2v) is 7.83. The average molecular weight is 390 g/mol. The van der Waals surface area contributed by atoms with Crippen molar-refractivity contribution in [1.82, 2.24) is 15.3 Å². The van der Waals surface area contributed by atoms with Crippen LogP contribution in [-0.2, 0) is 4.79 Å². The van der Waals surface area contributed by atoms with E-state index in [0.717, 1.165) is 47.4 Å². The highest BCUT2D eigenvalue weighted by molar-refractivity contribution is 5.95. The van der Waals surface area contributed by atoms with Gasteiger partial charge in [0.05, 0.1) is 11.0 Å². The number of anilines is 1. The number of fused-ring (bicyclic) bond motifs is 1. The van der Waals surface area contributed by atoms with Gasteiger partial charge < -0.3 is 15.6 Å². The van der Waals surface area contributed by atoms with Crippen molar-refractivity contribution >= 4 is 28.5 Å². The molecule has 1 fully saturated rings. The number of benzene rings is 2. The van der Waals surface area contributed by atoms with E-state index in [1.165, 1.54) is 6.42 Å². The van der Waals surface area contributed by atoms with E-state index >= 15 is 0 Å². The van der Waals surface area contributed by atoms with Crippen molar-refractivity contribution in [2.75, 3.05) is 12.4 Å². The Morgan fingerprint density at radius 2 is 1.83 bits per heavy atom. The summed E-state index contributed by atoms with van der Waals surface area (Å²) < 4.78 is 0. The van der Waals surface area contributed by atoms with Gasteiger partial charge in [0.25, 0.3) is 5.91 Å². The maximum atomic E-state index is 12.7. The molecular weight excluding hydrogens is 364 g/mol. The molecule has 3 aromatic rings. The molecule has 0 saturated heterocycles. The van der Waals surface area contributed by atoms with Gasteiger partial charge in [-0.15, -0.1) is 0 Å². The number of rotatable bonds is 4. The Morgan fingerprint density at radius 3 is 2.55 bits per heavy atom. The van der Waals surface area contributed by atoms with Crippen molar-refractivity contribution in [2.45, 2.75) is 32.6 Å². The van der Waals surface area contributed by atoms with Gasteiger partial charge in [-0.2, -0.15) is 0 Å². The van der Waals surface area contributed by atoms with Crippen LogP contribution in [0.3, 0.4) is 0 Å². The first-order chi connectivity index (χ1) is 14.0. The van der Waals surface area contributed by atoms with Crippen LogP contribution >= 0.6 is 0 Å². The highest BCUT2D eigenvalue weighted by Gasteiger charge is 2.27. The fraction of sp³-hybridized carbons (Fsp3) is 0.348. The minimum absolute atomic E-state index is 0.0932. The van der Waals surface area contributed by atoms with Crippen LogP contribution in [0.2, 0.25) is 0 Å². The molecule has 150 valence electrons. The number of carbonyl (C=O) groups is 2. The van der Waals surface area contributed by atoms with Gasteiger partial charge in [-0.25, -0.2) is 4.98 Å². The molecule has 0 spiro atoms. The van der Waals surface area contributed by atoms with Crippen molar-refractivity contribution in [3.05, 3.63) is 48.0 Å². The second-order valence-electron chi connectivity index (χ2n) is 7.83. The Morgan fingerprint density at radius 1 is 1.07 bits per heavy atom. The fourth-order valence-electron chi connectivity index (χ4n) is 4.09. The standard InChI is InChI=1S/C23H26N4O2/c1-14-5-3-4-6-18(14)23(29)25-17-11-12-19-20(13-17)27-21(26-19)15-7-9-16(10-8-15)22(28)24-2/h7-14,18H,3-6H2,1-2H3,(H,24,28)(H,25,29)(H,26,27). The van der Waals surface area contributed by atoms with Crippen LogP contribution in [0.4, 0.5) is 5.69 Å². The summed E-state index contributed by atoms with van der Waals surface area (Å²) in [4.78, 5) is 32.3. The summed E-state index contributed by atoms with van der Waals surface area (Å²) in [7, 11) is 1.61. The number of amides is 2. The van der Waals surface area contributed by atoms with E-state index in [4.69, 9.17) is 0 Å². The zero-order valence-corrected chi connectivity index (χ0v) is 16.8. The monoisotopic (exact) mass is 390 g/mol. The first-order valence-corrected chi connectivity index (χ1v) is 10.2. The number of nitrogens with zero attached hydrogens (tertiary/aromatic N) is 1. The molecule has 6 heteroatoms. The van der Waals surface area contributed by atoms with E-state index in [0.29, 0.717) is 11.5 Å². The van der Waals surface area contributed by atoms with Crippen LogP contribution in [0.5, 0.6) is 0 Å². The first-order valence-electron chi connectivity index (χ1n) is 10.2. The number of hydrogen-bond acceptors (Lipinski definition) is 3. The molecule has 2 aromatic carbocycles. The van der Waals surface area contributed by atoms with Crippen molar-refractivity contribution < 1.29 is 9.59 Å². The molecule has 1 aromatic heterocycles. The maximum absolute atomic E-state index is 12.7. The predicted molar refractivity (Wildman–Crippen MR) is 115 cm³/mol. The lowest BCUT2D eigenvalue weighted by atomic mass is 9.80. The highest BCUT2D eigenvalue weighted by Crippen LogP contribution is 2.31. The molecule has 0 bridgehead atoms. The third-order valence-corrected chi connectivity index (χ3v) is 5.85. The Kier molecular flexibility index (Phi) is 5.34. The topological polar surface area (TPSA) is 86.9 Å². The van der Waals surface area contributed by atoms with E-state index in [2.05, 4.69) is 27.5 Å². The molecule has 2 unspecified atom stereocenters. The maximum Gasteiger partial charge on any atom is 0.251 e. The zero-order chi connectivity index (χ0) is 20.4. The number of nitrogens with one attached hydrogen (secondary N) is 3. The first kappa shape index (κ1) is 19.2. The van der Waals surface area contributed by atoms with Crippen LogP contribution in [-0.4, -0.2) is 28.8 Å². The van der Waals surface area contributed by atoms with Gasteiger partial charge in [-0.3, -0.25) is 9.59 Å². The SMILES string of the molecule is CNC(=O)c1ccc(-c2nc3ccc(NC(=O)C4CCCCC4C)cc3[nH]2)cc1. The minimum atomic E-state index is -0.117. The molecule has 0 aliphatic heterocycles. The lowest BCUT2D eigenvalue weighted by Crippen LogP contribution is -2.30. The molecular formula is C23H26N4O2. The van der Waals surface area contributed by atoms with Crippen LogP contribution in [0.25, 0.3) is 22.4 Å². The Balaban J connectivity index is 1.53. The Bertz CT molecular complexity index is 1040. The highest BCUT2D eigenvalue weighted by atomic mass is 16.2. The summed E-state index contributed by atoms with van der Waals surface area (Å²) in [6.45, 7) is 2.17. The largest absolute Gasteiger partial charge is 0.355 e. The Labute approximate surface area is 170 Å². The summed E-state index contributed by atoms with van der Waals surface area (Å²) in [6.07, 6.45) is 4.44. The van der Waals surface area contributed by atoms with Crippen molar-refractivity contribution in [3.8, 4) is 11.4 Å². The minimum Gasteiger partial charge on any atom is -0.355 e. The van der Waals surface area contributed by atoms with Gasteiger partial charge in [0, 0.05) is 29.8 Å². The van der Waals surface area contributed by atoms with Gasteiger partial charge in [0.2, 0.25) is 5.91 Å². The van der Waals surface area contributed by atoms with Crippen LogP contribution < -0.4 is 10.6 Å². The van der Waals surface area contributed by atoms with E-state index < -0.39 is 0 Å². The second kappa shape index (κ2) is 8.07. The number of H-pyrrole nitrogens is 1. The van der Waals surface area contributed by atoms with E-state index in [1.807, 2.05) is 30.3 Å². The lowest BCUT2D eigenvalue weighted by molar-refractivity contribution is -0.122. The van der Waals surface area contributed by atoms with E-state index in [1.54, 1.807) is 19.2 Å². The molecule has 4 rings (SSSR count). The van der Waals surface area contributed by atoms with E-state index in [9.17, 15) is 9.59 Å². The summed E-state index contributed by atoms with van der Waals surface area (Å²) >= 11 is 0.